The van der Waals surface area contributed by atoms with Crippen LogP contribution in [0.3, 0.4) is 0 Å². The quantitative estimate of drug-likeness (QED) is 0.0332. The summed E-state index contributed by atoms with van der Waals surface area (Å²) < 4.78 is 15.4. The Kier molecular flexibility index (Phi) is 17.0. The lowest BCUT2D eigenvalue weighted by molar-refractivity contribution is -0.136. The third kappa shape index (κ3) is 14.3. The van der Waals surface area contributed by atoms with E-state index in [1.165, 1.54) is 17.0 Å². The predicted molar refractivity (Wildman–Crippen MR) is 292 cm³/mol. The van der Waals surface area contributed by atoms with Gasteiger partial charge in [-0.25, -0.2) is 4.98 Å². The Morgan fingerprint density at radius 2 is 1.58 bits per heavy atom. The van der Waals surface area contributed by atoms with E-state index in [1.54, 1.807) is 102 Å². The summed E-state index contributed by atoms with van der Waals surface area (Å²) in [7, 11) is 0. The van der Waals surface area contributed by atoms with Crippen molar-refractivity contribution in [3.63, 3.8) is 0 Å². The number of aliphatic hydroxyl groups is 1. The highest BCUT2D eigenvalue weighted by Gasteiger charge is 2.35. The number of carbonyl (C=O) groups is 3. The first-order valence-corrected chi connectivity index (χ1v) is 25.3. The molecule has 0 radical (unpaired) electrons. The number of hydrogen-bond acceptors (Lipinski definition) is 12. The van der Waals surface area contributed by atoms with Crippen LogP contribution in [0, 0.1) is 11.8 Å². The van der Waals surface area contributed by atoms with E-state index in [2.05, 4.69) is 61.3 Å². The zero-order valence-electron chi connectivity index (χ0n) is 42.6. The Bertz CT molecular complexity index is 3470. The summed E-state index contributed by atoms with van der Waals surface area (Å²) in [4.78, 5) is 66.5. The maximum absolute atomic E-state index is 13.5. The van der Waals surface area contributed by atoms with Crippen molar-refractivity contribution in [1.82, 2.24) is 44.8 Å². The van der Waals surface area contributed by atoms with Crippen LogP contribution in [0.25, 0.3) is 10.9 Å². The van der Waals surface area contributed by atoms with Gasteiger partial charge in [0.05, 0.1) is 78.1 Å². The number of nitrogens with zero attached hydrogens (tertiary/aromatic N) is 7. The highest BCUT2D eigenvalue weighted by molar-refractivity contribution is 6.05. The number of fused-ring (bicyclic) bond motifs is 1. The number of anilines is 1. The molecular weight excluding hydrogens is 973 g/mol. The van der Waals surface area contributed by atoms with Crippen molar-refractivity contribution in [2.24, 2.45) is 0 Å². The second-order valence-electron chi connectivity index (χ2n) is 18.9. The van der Waals surface area contributed by atoms with E-state index in [0.29, 0.717) is 104 Å². The van der Waals surface area contributed by atoms with Crippen molar-refractivity contribution in [3.8, 4) is 29.1 Å². The highest BCUT2D eigenvalue weighted by atomic mass is 16.5. The number of para-hydroxylation sites is 2. The lowest BCUT2D eigenvalue weighted by Gasteiger charge is -2.38. The summed E-state index contributed by atoms with van der Waals surface area (Å²) in [6.45, 7) is 8.42. The number of likely N-dealkylation sites (tertiary alicyclic amines) is 1. The van der Waals surface area contributed by atoms with Crippen LogP contribution in [-0.2, 0) is 42.4 Å². The molecule has 1 atom stereocenters. The Balaban J connectivity index is 0.681. The van der Waals surface area contributed by atoms with Crippen LogP contribution in [-0.4, -0.2) is 82.3 Å². The first kappa shape index (κ1) is 52.6. The Morgan fingerprint density at radius 3 is 2.35 bits per heavy atom. The number of amides is 3. The van der Waals surface area contributed by atoms with Crippen molar-refractivity contribution >= 4 is 34.3 Å². The number of carbonyl (C=O) groups excluding carboxylic acids is 3. The lowest BCUT2D eigenvalue weighted by atomic mass is 9.90. The van der Waals surface area contributed by atoms with Crippen LogP contribution in [0.5, 0.6) is 17.2 Å². The van der Waals surface area contributed by atoms with Crippen molar-refractivity contribution in [2.75, 3.05) is 25.0 Å². The van der Waals surface area contributed by atoms with E-state index in [1.807, 2.05) is 53.6 Å². The van der Waals surface area contributed by atoms with Gasteiger partial charge in [-0.3, -0.25) is 38.4 Å². The van der Waals surface area contributed by atoms with Crippen molar-refractivity contribution < 1.29 is 29.0 Å². The molecule has 9 rings (SSSR count). The number of piperidine rings is 1. The number of ether oxygens (including phenoxy) is 2. The smallest absolute Gasteiger partial charge is 0.261 e. The van der Waals surface area contributed by atoms with Gasteiger partial charge in [-0.2, -0.15) is 5.10 Å². The first-order chi connectivity index (χ1) is 37.5. The molecule has 5 aromatic carbocycles. The largest absolute Gasteiger partial charge is 0.487 e. The van der Waals surface area contributed by atoms with E-state index in [4.69, 9.17) is 9.47 Å². The van der Waals surface area contributed by atoms with E-state index in [-0.39, 0.29) is 42.4 Å². The molecule has 0 saturated carbocycles. The molecule has 1 saturated heterocycles. The number of nitrogens with one attached hydrogen (secondary N) is 3. The van der Waals surface area contributed by atoms with Crippen molar-refractivity contribution in [1.29, 1.82) is 0 Å². The monoisotopic (exact) mass is 1030 g/mol. The van der Waals surface area contributed by atoms with E-state index in [0.717, 1.165) is 27.9 Å². The normalized spacial score (nSPS) is 13.2. The molecule has 17 nitrogen and oxygen atoms in total. The molecular formula is C60H58N10O7. The topological polar surface area (TPSA) is 208 Å². The summed E-state index contributed by atoms with van der Waals surface area (Å²) in [6, 6.07) is 36.6. The first-order valence-electron chi connectivity index (χ1n) is 25.3. The summed E-state index contributed by atoms with van der Waals surface area (Å²) >= 11 is 0. The minimum Gasteiger partial charge on any atom is -0.487 e. The Labute approximate surface area is 445 Å². The SMILES string of the molecule is C=CC(=O)NCc1ccc(C(=O)Nc2ccccc2Oc2ccc(OCc3cnc(Cn4cc(CNCC#Cc5ccc6c(=O)n(CC7(O)CCN(C(=O)C[C@H](C)c8ccccc8)CC7)cnc6c5)cn4)cn3)cc2)cc1. The van der Waals surface area contributed by atoms with Crippen LogP contribution in [0.1, 0.15) is 76.1 Å². The molecule has 0 spiro atoms. The minimum atomic E-state index is -1.12. The van der Waals surface area contributed by atoms with Gasteiger partial charge in [-0.15, -0.1) is 0 Å². The molecule has 17 heteroatoms. The summed E-state index contributed by atoms with van der Waals surface area (Å²) in [5.74, 6) is 7.52. The number of hydrogen-bond donors (Lipinski definition) is 4. The lowest BCUT2D eigenvalue weighted by Crippen LogP contribution is -2.49. The average molecular weight is 1030 g/mol. The zero-order chi connectivity index (χ0) is 53.6. The number of rotatable bonds is 20. The molecule has 3 amide bonds. The van der Waals surface area contributed by atoms with Crippen LogP contribution in [0.2, 0.25) is 0 Å². The predicted octanol–water partition coefficient (Wildman–Crippen LogP) is 7.55. The second-order valence-corrected chi connectivity index (χ2v) is 18.9. The third-order valence-corrected chi connectivity index (χ3v) is 13.2. The Morgan fingerprint density at radius 1 is 0.844 bits per heavy atom. The summed E-state index contributed by atoms with van der Waals surface area (Å²) in [6.07, 6.45) is 11.0. The molecule has 0 unspecified atom stereocenters. The van der Waals surface area contributed by atoms with Crippen LogP contribution >= 0.6 is 0 Å². The van der Waals surface area contributed by atoms with Gasteiger partial charge in [0.25, 0.3) is 11.5 Å². The van der Waals surface area contributed by atoms with Gasteiger partial charge in [0.15, 0.2) is 5.75 Å². The number of benzene rings is 5. The van der Waals surface area contributed by atoms with E-state index in [9.17, 15) is 24.3 Å². The number of aromatic nitrogens is 6. The van der Waals surface area contributed by atoms with Gasteiger partial charge in [0.2, 0.25) is 11.8 Å². The Hall–Kier alpha value is -9.24. The van der Waals surface area contributed by atoms with Crippen LogP contribution in [0.4, 0.5) is 5.69 Å². The molecule has 4 heterocycles. The van der Waals surface area contributed by atoms with Crippen LogP contribution in [0.15, 0.2) is 170 Å². The van der Waals surface area contributed by atoms with E-state index >= 15 is 0 Å². The molecule has 0 bridgehead atoms. The standard InChI is InChI=1S/C60H58N10O7/c1-3-56(71)64-33-44-15-18-47(19-16-44)58(73)67-53-13-7-8-14-55(53)77-51-22-20-50(21-23-51)76-39-49-36-62-48(35-63-49)38-70-37-45(34-66-70)32-61-27-9-10-43-17-24-52-54(31-43)65-41-69(59(52)74)40-60(75)25-28-68(29-26-60)57(72)30-42(2)46-11-5-4-6-12-46/h3-8,11-24,31,34-37,41-42,61,75H,1,25-30,32-33,38-40H2,2H3,(H,64,71)(H,67,73)/t42-/m0/s1. The van der Waals surface area contributed by atoms with Gasteiger partial charge >= 0.3 is 0 Å². The maximum atomic E-state index is 13.5. The van der Waals surface area contributed by atoms with Gasteiger partial charge in [-0.05, 0) is 103 Å². The fourth-order valence-electron chi connectivity index (χ4n) is 8.77. The maximum Gasteiger partial charge on any atom is 0.261 e. The van der Waals surface area contributed by atoms with Gasteiger partial charge < -0.3 is 35.4 Å². The highest BCUT2D eigenvalue weighted by Crippen LogP contribution is 2.31. The van der Waals surface area contributed by atoms with Gasteiger partial charge in [0.1, 0.15) is 18.1 Å². The van der Waals surface area contributed by atoms with Gasteiger partial charge in [0, 0.05) is 55.5 Å². The van der Waals surface area contributed by atoms with E-state index < -0.39 is 5.60 Å². The molecule has 1 fully saturated rings. The third-order valence-electron chi connectivity index (χ3n) is 13.2. The summed E-state index contributed by atoms with van der Waals surface area (Å²) in [5.41, 5.74) is 5.21. The molecule has 1 aliphatic rings. The minimum absolute atomic E-state index is 0.0726. The summed E-state index contributed by atoms with van der Waals surface area (Å²) in [5, 5.41) is 25.3. The average Bonchev–Trinajstić information content (AvgIpc) is 3.90. The fraction of sp³-hybridized carbons (Fsp3) is 0.233. The second kappa shape index (κ2) is 24.9. The molecule has 4 N–H and O–H groups in total. The molecule has 1 aliphatic heterocycles. The molecule has 77 heavy (non-hydrogen) atoms. The van der Waals surface area contributed by atoms with Gasteiger partial charge in [-0.1, -0.05) is 79.9 Å². The molecule has 0 aliphatic carbocycles. The van der Waals surface area contributed by atoms with Crippen molar-refractivity contribution in [3.05, 3.63) is 215 Å². The zero-order valence-corrected chi connectivity index (χ0v) is 42.6. The molecule has 8 aromatic rings. The van der Waals surface area contributed by atoms with Crippen molar-refractivity contribution in [2.45, 2.75) is 70.5 Å². The fourth-order valence-corrected chi connectivity index (χ4v) is 8.77. The molecule has 390 valence electrons. The van der Waals surface area contributed by atoms with Crippen LogP contribution < -0.4 is 31.0 Å². The molecule has 3 aromatic heterocycles.